The topological polar surface area (TPSA) is 41.5 Å². The zero-order valence-electron chi connectivity index (χ0n) is 9.29. The number of benzene rings is 1. The summed E-state index contributed by atoms with van der Waals surface area (Å²) >= 11 is 0. The molecule has 0 bridgehead atoms. The van der Waals surface area contributed by atoms with Crippen molar-refractivity contribution in [1.29, 1.82) is 0 Å². The molecule has 0 aromatic heterocycles. The monoisotopic (exact) mass is 225 g/mol. The molecule has 1 aliphatic heterocycles. The Kier molecular flexibility index (Phi) is 3.12. The van der Waals surface area contributed by atoms with Gasteiger partial charge in [0.1, 0.15) is 0 Å². The van der Waals surface area contributed by atoms with Gasteiger partial charge in [0.25, 0.3) is 0 Å². The van der Waals surface area contributed by atoms with Crippen LogP contribution in [-0.2, 0) is 6.42 Å². The van der Waals surface area contributed by atoms with Gasteiger partial charge in [0.05, 0.1) is 12.7 Å². The van der Waals surface area contributed by atoms with E-state index >= 15 is 0 Å². The molecule has 2 rings (SSSR count). The minimum Gasteiger partial charge on any atom is -0.494 e. The van der Waals surface area contributed by atoms with Gasteiger partial charge in [-0.1, -0.05) is 12.1 Å². The maximum atomic E-state index is 13.8. The lowest BCUT2D eigenvalue weighted by molar-refractivity contribution is 0.0609. The zero-order valence-corrected chi connectivity index (χ0v) is 9.29. The molecule has 0 radical (unpaired) electrons. The molecule has 1 atom stereocenters. The van der Waals surface area contributed by atoms with Crippen LogP contribution in [0.4, 0.5) is 4.39 Å². The van der Waals surface area contributed by atoms with Crippen LogP contribution in [0.15, 0.2) is 18.2 Å². The van der Waals surface area contributed by atoms with E-state index in [4.69, 9.17) is 4.74 Å². The Bertz CT molecular complexity index is 375. The Balaban J connectivity index is 2.21. The maximum absolute atomic E-state index is 13.8. The highest BCUT2D eigenvalue weighted by molar-refractivity contribution is 5.32. The second-order valence-corrected chi connectivity index (χ2v) is 4.26. The second-order valence-electron chi connectivity index (χ2n) is 4.26. The van der Waals surface area contributed by atoms with Crippen molar-refractivity contribution in [1.82, 2.24) is 5.32 Å². The van der Waals surface area contributed by atoms with Crippen LogP contribution in [-0.4, -0.2) is 30.9 Å². The van der Waals surface area contributed by atoms with Gasteiger partial charge < -0.3 is 15.2 Å². The van der Waals surface area contributed by atoms with Crippen molar-refractivity contribution in [3.63, 3.8) is 0 Å². The third-order valence-corrected chi connectivity index (χ3v) is 3.00. The molecule has 4 heteroatoms. The van der Waals surface area contributed by atoms with Gasteiger partial charge in [-0.3, -0.25) is 0 Å². The van der Waals surface area contributed by atoms with Crippen LogP contribution in [0.25, 0.3) is 0 Å². The van der Waals surface area contributed by atoms with Crippen LogP contribution in [0.1, 0.15) is 12.0 Å². The summed E-state index contributed by atoms with van der Waals surface area (Å²) in [6.45, 7) is 1.30. The van der Waals surface area contributed by atoms with E-state index in [1.165, 1.54) is 7.11 Å². The third kappa shape index (κ3) is 2.18. The van der Waals surface area contributed by atoms with Crippen LogP contribution >= 0.6 is 0 Å². The number of rotatable bonds is 3. The van der Waals surface area contributed by atoms with Gasteiger partial charge in [-0.25, -0.2) is 4.39 Å². The summed E-state index contributed by atoms with van der Waals surface area (Å²) in [4.78, 5) is 0. The van der Waals surface area contributed by atoms with Crippen LogP contribution < -0.4 is 10.1 Å². The first-order valence-corrected chi connectivity index (χ1v) is 5.39. The molecule has 1 saturated heterocycles. The van der Waals surface area contributed by atoms with Gasteiger partial charge in [-0.05, 0) is 24.6 Å². The van der Waals surface area contributed by atoms with E-state index in [2.05, 4.69) is 5.32 Å². The second kappa shape index (κ2) is 4.39. The summed E-state index contributed by atoms with van der Waals surface area (Å²) < 4.78 is 18.8. The fraction of sp³-hybridized carbons (Fsp3) is 0.500. The summed E-state index contributed by atoms with van der Waals surface area (Å²) in [5.41, 5.74) is -0.321. The molecule has 3 nitrogen and oxygen atoms in total. The molecule has 0 saturated carbocycles. The molecule has 2 N–H and O–H groups in total. The van der Waals surface area contributed by atoms with Crippen molar-refractivity contribution in [3.8, 4) is 5.75 Å². The van der Waals surface area contributed by atoms with E-state index in [0.717, 1.165) is 6.54 Å². The van der Waals surface area contributed by atoms with Crippen LogP contribution in [0.5, 0.6) is 5.75 Å². The number of hydrogen-bond donors (Lipinski definition) is 2. The molecule has 0 aliphatic carbocycles. The molecular weight excluding hydrogens is 209 g/mol. The molecule has 88 valence electrons. The molecule has 1 unspecified atom stereocenters. The van der Waals surface area contributed by atoms with Gasteiger partial charge >= 0.3 is 0 Å². The molecule has 0 spiro atoms. The number of nitrogens with one attached hydrogen (secondary N) is 1. The summed E-state index contributed by atoms with van der Waals surface area (Å²) in [6.07, 6.45) is 0.979. The Morgan fingerprint density at radius 3 is 3.00 bits per heavy atom. The summed E-state index contributed by atoms with van der Waals surface area (Å²) in [5.74, 6) is -0.141. The van der Waals surface area contributed by atoms with Gasteiger partial charge in [-0.15, -0.1) is 0 Å². The molecule has 1 heterocycles. The van der Waals surface area contributed by atoms with Crippen molar-refractivity contribution < 1.29 is 14.2 Å². The zero-order chi connectivity index (χ0) is 11.6. The highest BCUT2D eigenvalue weighted by Crippen LogP contribution is 2.26. The normalized spacial score (nSPS) is 24.7. The predicted octanol–water partition coefficient (Wildman–Crippen LogP) is 1.10. The SMILES string of the molecule is COc1cccc(CC2(O)CCNC2)c1F. The number of aliphatic hydroxyl groups is 1. The quantitative estimate of drug-likeness (QED) is 0.809. The van der Waals surface area contributed by atoms with Crippen molar-refractivity contribution in [2.75, 3.05) is 20.2 Å². The Morgan fingerprint density at radius 2 is 2.38 bits per heavy atom. The van der Waals surface area contributed by atoms with Crippen molar-refractivity contribution in [2.45, 2.75) is 18.4 Å². The van der Waals surface area contributed by atoms with E-state index in [9.17, 15) is 9.50 Å². The molecule has 0 amide bonds. The third-order valence-electron chi connectivity index (χ3n) is 3.00. The average molecular weight is 225 g/mol. The Labute approximate surface area is 94.2 Å². The first-order chi connectivity index (χ1) is 7.64. The lowest BCUT2D eigenvalue weighted by Crippen LogP contribution is -2.34. The Hall–Kier alpha value is -1.13. The molecular formula is C12H16FNO2. The molecule has 1 aromatic carbocycles. The van der Waals surface area contributed by atoms with E-state index in [1.54, 1.807) is 18.2 Å². The fourth-order valence-electron chi connectivity index (χ4n) is 2.09. The van der Waals surface area contributed by atoms with Gasteiger partial charge in [0, 0.05) is 13.0 Å². The lowest BCUT2D eigenvalue weighted by Gasteiger charge is -2.21. The first-order valence-electron chi connectivity index (χ1n) is 5.39. The lowest BCUT2D eigenvalue weighted by atomic mass is 9.93. The number of β-amino-alcohol motifs (C(OH)–C–C–N with tert-alkyl or cyclic N) is 1. The van der Waals surface area contributed by atoms with E-state index in [1.807, 2.05) is 0 Å². The standard InChI is InChI=1S/C12H16FNO2/c1-16-10-4-2-3-9(11(10)13)7-12(15)5-6-14-8-12/h2-4,14-15H,5-8H2,1H3. The predicted molar refractivity (Wildman–Crippen MR) is 59.1 cm³/mol. The number of ether oxygens (including phenoxy) is 1. The summed E-state index contributed by atoms with van der Waals surface area (Å²) in [6, 6.07) is 5.01. The van der Waals surface area contributed by atoms with Gasteiger partial charge in [-0.2, -0.15) is 0 Å². The van der Waals surface area contributed by atoms with Crippen LogP contribution in [0.3, 0.4) is 0 Å². The summed E-state index contributed by atoms with van der Waals surface area (Å²) in [5, 5.41) is 13.2. The van der Waals surface area contributed by atoms with E-state index in [-0.39, 0.29) is 11.6 Å². The average Bonchev–Trinajstić information content (AvgIpc) is 2.68. The summed E-state index contributed by atoms with van der Waals surface area (Å²) in [7, 11) is 1.44. The highest BCUT2D eigenvalue weighted by atomic mass is 19.1. The number of hydrogen-bond acceptors (Lipinski definition) is 3. The highest BCUT2D eigenvalue weighted by Gasteiger charge is 2.32. The molecule has 1 fully saturated rings. The smallest absolute Gasteiger partial charge is 0.168 e. The van der Waals surface area contributed by atoms with Crippen LogP contribution in [0.2, 0.25) is 0 Å². The maximum Gasteiger partial charge on any atom is 0.168 e. The molecule has 1 aromatic rings. The van der Waals surface area contributed by atoms with E-state index < -0.39 is 5.60 Å². The molecule has 16 heavy (non-hydrogen) atoms. The van der Waals surface area contributed by atoms with Crippen LogP contribution in [0, 0.1) is 5.82 Å². The minimum absolute atomic E-state index is 0.229. The largest absolute Gasteiger partial charge is 0.494 e. The fourth-order valence-corrected chi connectivity index (χ4v) is 2.09. The van der Waals surface area contributed by atoms with Crippen molar-refractivity contribution in [2.24, 2.45) is 0 Å². The van der Waals surface area contributed by atoms with E-state index in [0.29, 0.717) is 24.9 Å². The Morgan fingerprint density at radius 1 is 1.56 bits per heavy atom. The van der Waals surface area contributed by atoms with Crippen molar-refractivity contribution in [3.05, 3.63) is 29.6 Å². The number of halogens is 1. The number of methoxy groups -OCH3 is 1. The molecule has 1 aliphatic rings. The van der Waals surface area contributed by atoms with Crippen molar-refractivity contribution >= 4 is 0 Å². The minimum atomic E-state index is -0.826. The van der Waals surface area contributed by atoms with Gasteiger partial charge in [0.2, 0.25) is 0 Å². The van der Waals surface area contributed by atoms with Gasteiger partial charge in [0.15, 0.2) is 11.6 Å². The first kappa shape index (κ1) is 11.4.